The van der Waals surface area contributed by atoms with Gasteiger partial charge in [0.15, 0.2) is 5.69 Å². The Balaban J connectivity index is 3.17. The Bertz CT molecular complexity index is 342. The van der Waals surface area contributed by atoms with Gasteiger partial charge in [-0.2, -0.15) is 0 Å². The summed E-state index contributed by atoms with van der Waals surface area (Å²) in [6.07, 6.45) is 0. The van der Waals surface area contributed by atoms with Crippen LogP contribution in [0.15, 0.2) is 6.07 Å². The fourth-order valence-electron chi connectivity index (χ4n) is 0.749. The topological polar surface area (TPSA) is 104 Å². The Morgan fingerprint density at radius 3 is 2.67 bits per heavy atom. The third-order valence-corrected chi connectivity index (χ3v) is 1.29. The minimum atomic E-state index is -0.779. The lowest BCUT2D eigenvalue weighted by Gasteiger charge is -1.89. The van der Waals surface area contributed by atoms with E-state index in [1.54, 1.807) is 0 Å². The molecular formula is C5H6N4O3. The summed E-state index contributed by atoms with van der Waals surface area (Å²) in [4.78, 5) is 20.1. The number of aromatic nitrogens is 2. The molecule has 7 nitrogen and oxygen atoms in total. The van der Waals surface area contributed by atoms with E-state index < -0.39 is 10.8 Å². The van der Waals surface area contributed by atoms with Crippen molar-refractivity contribution in [3.8, 4) is 0 Å². The second-order valence-electron chi connectivity index (χ2n) is 2.13. The maximum atomic E-state index is 10.5. The van der Waals surface area contributed by atoms with Crippen LogP contribution >= 0.6 is 0 Å². The fraction of sp³-hybridized carbons (Fsp3) is 0.200. The van der Waals surface area contributed by atoms with E-state index in [0.29, 0.717) is 0 Å². The largest absolute Gasteiger partial charge is 0.364 e. The maximum absolute atomic E-state index is 10.5. The zero-order valence-electron chi connectivity index (χ0n) is 6.22. The van der Waals surface area contributed by atoms with Crippen molar-refractivity contribution in [3.05, 3.63) is 21.9 Å². The SMILES string of the molecule is Cn1nc(C(N)=O)cc1[N+](=O)[O-]. The number of carbonyl (C=O) groups excluding carboxylic acids is 1. The van der Waals surface area contributed by atoms with E-state index in [1.807, 2.05) is 0 Å². The van der Waals surface area contributed by atoms with Crippen molar-refractivity contribution in [2.24, 2.45) is 12.8 Å². The molecule has 0 fully saturated rings. The van der Waals surface area contributed by atoms with Crippen LogP contribution in [0.4, 0.5) is 5.82 Å². The van der Waals surface area contributed by atoms with Crippen molar-refractivity contribution < 1.29 is 9.72 Å². The maximum Gasteiger partial charge on any atom is 0.345 e. The molecule has 0 atom stereocenters. The average molecular weight is 170 g/mol. The molecule has 0 saturated heterocycles. The number of rotatable bonds is 2. The molecule has 0 aliphatic carbocycles. The van der Waals surface area contributed by atoms with Gasteiger partial charge in [-0.1, -0.05) is 5.10 Å². The number of aryl methyl sites for hydroxylation is 1. The van der Waals surface area contributed by atoms with Gasteiger partial charge in [-0.25, -0.2) is 0 Å². The standard InChI is InChI=1S/C5H6N4O3/c1-8-4(9(11)12)2-3(7-8)5(6)10/h2H,1H3,(H2,6,10). The van der Waals surface area contributed by atoms with Crippen LogP contribution in [-0.4, -0.2) is 20.6 Å². The smallest absolute Gasteiger partial charge is 0.345 e. The highest BCUT2D eigenvalue weighted by Gasteiger charge is 2.17. The molecule has 1 amide bonds. The van der Waals surface area contributed by atoms with Crippen LogP contribution < -0.4 is 5.73 Å². The van der Waals surface area contributed by atoms with Crippen molar-refractivity contribution in [2.45, 2.75) is 0 Å². The highest BCUT2D eigenvalue weighted by Crippen LogP contribution is 2.10. The van der Waals surface area contributed by atoms with E-state index in [2.05, 4.69) is 5.10 Å². The molecule has 64 valence electrons. The van der Waals surface area contributed by atoms with Crippen LogP contribution in [0.5, 0.6) is 0 Å². The predicted molar refractivity (Wildman–Crippen MR) is 38.4 cm³/mol. The van der Waals surface area contributed by atoms with Crippen molar-refractivity contribution in [3.63, 3.8) is 0 Å². The normalized spacial score (nSPS) is 9.75. The lowest BCUT2D eigenvalue weighted by Crippen LogP contribution is -2.11. The van der Waals surface area contributed by atoms with Crippen molar-refractivity contribution in [2.75, 3.05) is 0 Å². The third-order valence-electron chi connectivity index (χ3n) is 1.29. The van der Waals surface area contributed by atoms with Gasteiger partial charge in [-0.3, -0.25) is 4.79 Å². The zero-order valence-corrected chi connectivity index (χ0v) is 6.22. The molecule has 0 aliphatic rings. The summed E-state index contributed by atoms with van der Waals surface area (Å²) in [6, 6.07) is 1.03. The monoisotopic (exact) mass is 170 g/mol. The minimum Gasteiger partial charge on any atom is -0.364 e. The van der Waals surface area contributed by atoms with Crippen LogP contribution in [0.3, 0.4) is 0 Å². The minimum absolute atomic E-state index is 0.107. The van der Waals surface area contributed by atoms with Crippen LogP contribution in [0.1, 0.15) is 10.5 Å². The lowest BCUT2D eigenvalue weighted by atomic mass is 10.4. The van der Waals surface area contributed by atoms with Gasteiger partial charge in [0, 0.05) is 0 Å². The molecule has 0 unspecified atom stereocenters. The Labute approximate surface area is 66.9 Å². The number of carbonyl (C=O) groups is 1. The quantitative estimate of drug-likeness (QED) is 0.473. The van der Waals surface area contributed by atoms with E-state index in [9.17, 15) is 14.9 Å². The molecule has 1 aromatic heterocycles. The van der Waals surface area contributed by atoms with Gasteiger partial charge in [0.25, 0.3) is 5.91 Å². The van der Waals surface area contributed by atoms with Gasteiger partial charge in [0.1, 0.15) is 7.05 Å². The number of primary amides is 1. The van der Waals surface area contributed by atoms with Crippen LogP contribution in [-0.2, 0) is 7.05 Å². The Kier molecular flexibility index (Phi) is 1.78. The van der Waals surface area contributed by atoms with Crippen molar-refractivity contribution in [1.29, 1.82) is 0 Å². The Morgan fingerprint density at radius 1 is 1.83 bits per heavy atom. The molecule has 1 rings (SSSR count). The van der Waals surface area contributed by atoms with Crippen molar-refractivity contribution in [1.82, 2.24) is 9.78 Å². The second kappa shape index (κ2) is 2.61. The molecule has 0 spiro atoms. The first-order valence-electron chi connectivity index (χ1n) is 3.00. The second-order valence-corrected chi connectivity index (χ2v) is 2.13. The molecule has 2 N–H and O–H groups in total. The highest BCUT2D eigenvalue weighted by molar-refractivity contribution is 5.91. The van der Waals surface area contributed by atoms with Crippen LogP contribution in [0.25, 0.3) is 0 Å². The predicted octanol–water partition coefficient (Wildman–Crippen LogP) is -0.573. The first kappa shape index (κ1) is 8.18. The van der Waals surface area contributed by atoms with Gasteiger partial charge in [-0.05, 0) is 4.92 Å². The summed E-state index contributed by atoms with van der Waals surface area (Å²) >= 11 is 0. The van der Waals surface area contributed by atoms with Gasteiger partial charge < -0.3 is 15.8 Å². The summed E-state index contributed by atoms with van der Waals surface area (Å²) in [5.41, 5.74) is 4.75. The third kappa shape index (κ3) is 1.24. The van der Waals surface area contributed by atoms with Crippen LogP contribution in [0, 0.1) is 10.1 Å². The summed E-state index contributed by atoms with van der Waals surface area (Å²) in [5, 5.41) is 13.8. The number of amides is 1. The molecule has 0 saturated carbocycles. The molecule has 12 heavy (non-hydrogen) atoms. The van der Waals surface area contributed by atoms with Gasteiger partial charge in [0.05, 0.1) is 6.07 Å². The molecule has 1 aromatic rings. The lowest BCUT2D eigenvalue weighted by molar-refractivity contribution is -0.392. The number of nitro groups is 1. The fourth-order valence-corrected chi connectivity index (χ4v) is 0.749. The van der Waals surface area contributed by atoms with E-state index in [4.69, 9.17) is 5.73 Å². The molecule has 0 aromatic carbocycles. The first-order valence-corrected chi connectivity index (χ1v) is 3.00. The molecular weight excluding hydrogens is 164 g/mol. The molecule has 0 aliphatic heterocycles. The number of hydrogen-bond donors (Lipinski definition) is 1. The summed E-state index contributed by atoms with van der Waals surface area (Å²) in [5.74, 6) is -1.04. The van der Waals surface area contributed by atoms with Gasteiger partial charge in [-0.15, -0.1) is 4.68 Å². The first-order chi connectivity index (χ1) is 5.52. The van der Waals surface area contributed by atoms with Crippen LogP contribution in [0.2, 0.25) is 0 Å². The zero-order chi connectivity index (χ0) is 9.30. The highest BCUT2D eigenvalue weighted by atomic mass is 16.6. The van der Waals surface area contributed by atoms with E-state index >= 15 is 0 Å². The Morgan fingerprint density at radius 2 is 2.42 bits per heavy atom. The van der Waals surface area contributed by atoms with Crippen molar-refractivity contribution >= 4 is 11.7 Å². The van der Waals surface area contributed by atoms with E-state index in [0.717, 1.165) is 10.7 Å². The van der Waals surface area contributed by atoms with E-state index in [1.165, 1.54) is 7.05 Å². The summed E-state index contributed by atoms with van der Waals surface area (Å²) < 4.78 is 0.986. The molecule has 0 radical (unpaired) electrons. The van der Waals surface area contributed by atoms with E-state index in [-0.39, 0.29) is 11.5 Å². The van der Waals surface area contributed by atoms with Gasteiger partial charge in [0.2, 0.25) is 0 Å². The molecule has 7 heteroatoms. The van der Waals surface area contributed by atoms with Gasteiger partial charge >= 0.3 is 5.82 Å². The molecule has 0 bridgehead atoms. The number of nitrogens with zero attached hydrogens (tertiary/aromatic N) is 3. The summed E-state index contributed by atoms with van der Waals surface area (Å²) in [7, 11) is 1.37. The number of hydrogen-bond acceptors (Lipinski definition) is 4. The average Bonchev–Trinajstić information content (AvgIpc) is 2.30. The molecule has 1 heterocycles. The number of nitrogens with two attached hydrogens (primary N) is 1. The Hall–Kier alpha value is -1.92. The summed E-state index contributed by atoms with van der Waals surface area (Å²) in [6.45, 7) is 0.